The van der Waals surface area contributed by atoms with Gasteiger partial charge in [0.25, 0.3) is 0 Å². The molecule has 3 nitrogen and oxygen atoms in total. The van der Waals surface area contributed by atoms with Crippen LogP contribution in [0.2, 0.25) is 0 Å². The first kappa shape index (κ1) is 13.1. The number of rotatable bonds is 5. The third-order valence-electron chi connectivity index (χ3n) is 2.35. The van der Waals surface area contributed by atoms with Crippen molar-refractivity contribution in [3.8, 4) is 5.75 Å². The van der Waals surface area contributed by atoms with Crippen molar-refractivity contribution >= 4 is 15.9 Å². The van der Waals surface area contributed by atoms with Crippen molar-refractivity contribution in [1.82, 2.24) is 5.32 Å². The van der Waals surface area contributed by atoms with Crippen molar-refractivity contribution in [2.45, 2.75) is 13.2 Å². The molecule has 0 saturated carbocycles. The number of hydrogen-bond donors (Lipinski definition) is 1. The monoisotopic (exact) mass is 313 g/mol. The first-order valence-electron chi connectivity index (χ1n) is 5.48. The molecule has 1 heterocycles. The van der Waals surface area contributed by atoms with Crippen LogP contribution in [-0.4, -0.2) is 7.05 Å². The fraction of sp³-hybridized carbons (Fsp3) is 0.231. The van der Waals surface area contributed by atoms with E-state index in [1.807, 2.05) is 13.1 Å². The maximum atomic E-state index is 13.4. The third kappa shape index (κ3) is 3.34. The van der Waals surface area contributed by atoms with Gasteiger partial charge in [-0.3, -0.25) is 0 Å². The first-order valence-corrected chi connectivity index (χ1v) is 6.27. The summed E-state index contributed by atoms with van der Waals surface area (Å²) in [5.41, 5.74) is 1.03. The van der Waals surface area contributed by atoms with E-state index in [-0.39, 0.29) is 18.2 Å². The molecule has 0 bridgehead atoms. The van der Waals surface area contributed by atoms with Gasteiger partial charge in [-0.2, -0.15) is 0 Å². The quantitative estimate of drug-likeness (QED) is 0.917. The number of halogens is 2. The molecule has 2 rings (SSSR count). The molecule has 5 heteroatoms. The van der Waals surface area contributed by atoms with Crippen molar-refractivity contribution in [1.29, 1.82) is 0 Å². The van der Waals surface area contributed by atoms with E-state index in [9.17, 15) is 4.39 Å². The van der Waals surface area contributed by atoms with Crippen molar-refractivity contribution in [3.05, 3.63) is 52.1 Å². The van der Waals surface area contributed by atoms with Crippen LogP contribution in [0.1, 0.15) is 11.3 Å². The fourth-order valence-corrected chi connectivity index (χ4v) is 1.88. The highest BCUT2D eigenvalue weighted by Gasteiger charge is 2.06. The average Bonchev–Trinajstić information content (AvgIpc) is 2.79. The molecular formula is C13H13BrFNO2. The zero-order chi connectivity index (χ0) is 13.0. The molecule has 1 aromatic heterocycles. The number of ether oxygens (including phenoxy) is 1. The van der Waals surface area contributed by atoms with Crippen molar-refractivity contribution in [3.63, 3.8) is 0 Å². The Morgan fingerprint density at radius 3 is 3.00 bits per heavy atom. The van der Waals surface area contributed by atoms with E-state index >= 15 is 0 Å². The Morgan fingerprint density at radius 2 is 2.22 bits per heavy atom. The summed E-state index contributed by atoms with van der Waals surface area (Å²) in [6, 6.07) is 6.45. The van der Waals surface area contributed by atoms with Gasteiger partial charge in [-0.1, -0.05) is 15.9 Å². The van der Waals surface area contributed by atoms with Gasteiger partial charge in [0.1, 0.15) is 12.4 Å². The number of hydrogen-bond acceptors (Lipinski definition) is 3. The minimum absolute atomic E-state index is 0.205. The topological polar surface area (TPSA) is 34.4 Å². The molecule has 0 spiro atoms. The zero-order valence-electron chi connectivity index (χ0n) is 9.87. The Balaban J connectivity index is 1.99. The second-order valence-electron chi connectivity index (χ2n) is 3.82. The van der Waals surface area contributed by atoms with E-state index in [4.69, 9.17) is 9.15 Å². The Kier molecular flexibility index (Phi) is 4.38. The van der Waals surface area contributed by atoms with Gasteiger partial charge >= 0.3 is 0 Å². The van der Waals surface area contributed by atoms with E-state index in [1.165, 1.54) is 6.07 Å². The van der Waals surface area contributed by atoms with Gasteiger partial charge in [0.15, 0.2) is 11.6 Å². The molecular weight excluding hydrogens is 301 g/mol. The molecule has 0 aliphatic heterocycles. The Hall–Kier alpha value is -1.33. The van der Waals surface area contributed by atoms with Crippen molar-refractivity contribution in [2.24, 2.45) is 0 Å². The largest absolute Gasteiger partial charge is 0.483 e. The summed E-state index contributed by atoms with van der Waals surface area (Å²) in [5, 5.41) is 3.02. The number of furan rings is 1. The fourth-order valence-electron chi connectivity index (χ4n) is 1.54. The smallest absolute Gasteiger partial charge is 0.165 e. The highest BCUT2D eigenvalue weighted by atomic mass is 79.9. The molecule has 0 amide bonds. The minimum Gasteiger partial charge on any atom is -0.483 e. The van der Waals surface area contributed by atoms with Crippen LogP contribution >= 0.6 is 15.9 Å². The second kappa shape index (κ2) is 6.02. The lowest BCUT2D eigenvalue weighted by molar-refractivity contribution is 0.258. The van der Waals surface area contributed by atoms with Crippen LogP contribution in [0.4, 0.5) is 4.39 Å². The number of nitrogens with one attached hydrogen (secondary N) is 1. The molecule has 2 aromatic rings. The van der Waals surface area contributed by atoms with E-state index in [1.54, 1.807) is 18.4 Å². The van der Waals surface area contributed by atoms with Gasteiger partial charge in [-0.15, -0.1) is 0 Å². The molecule has 0 fully saturated rings. The molecule has 0 unspecified atom stereocenters. The molecule has 0 aliphatic carbocycles. The highest BCUT2D eigenvalue weighted by molar-refractivity contribution is 9.10. The summed E-state index contributed by atoms with van der Waals surface area (Å²) in [5.74, 6) is 0.482. The molecule has 1 N–H and O–H groups in total. The maximum Gasteiger partial charge on any atom is 0.165 e. The van der Waals surface area contributed by atoms with Crippen LogP contribution in [0.15, 0.2) is 39.4 Å². The third-order valence-corrected chi connectivity index (χ3v) is 2.85. The molecule has 0 aliphatic rings. The summed E-state index contributed by atoms with van der Waals surface area (Å²) in [7, 11) is 1.86. The summed E-state index contributed by atoms with van der Waals surface area (Å²) < 4.78 is 24.9. The first-order chi connectivity index (χ1) is 8.69. The lowest BCUT2D eigenvalue weighted by Crippen LogP contribution is -2.03. The highest BCUT2D eigenvalue weighted by Crippen LogP contribution is 2.23. The van der Waals surface area contributed by atoms with Crippen LogP contribution in [0.5, 0.6) is 5.75 Å². The van der Waals surface area contributed by atoms with Crippen LogP contribution < -0.4 is 10.1 Å². The van der Waals surface area contributed by atoms with E-state index in [0.29, 0.717) is 5.76 Å². The van der Waals surface area contributed by atoms with Gasteiger partial charge < -0.3 is 14.5 Å². The van der Waals surface area contributed by atoms with Crippen molar-refractivity contribution < 1.29 is 13.5 Å². The zero-order valence-corrected chi connectivity index (χ0v) is 11.5. The Labute approximate surface area is 113 Å². The predicted molar refractivity (Wildman–Crippen MR) is 69.9 cm³/mol. The minimum atomic E-state index is -0.389. The Bertz CT molecular complexity index is 527. The van der Waals surface area contributed by atoms with Gasteiger partial charge in [-0.25, -0.2) is 4.39 Å². The van der Waals surface area contributed by atoms with Crippen LogP contribution in [0.3, 0.4) is 0 Å². The summed E-state index contributed by atoms with van der Waals surface area (Å²) in [6.07, 6.45) is 1.66. The normalized spacial score (nSPS) is 10.6. The lowest BCUT2D eigenvalue weighted by Gasteiger charge is -2.05. The predicted octanol–water partition coefficient (Wildman–Crippen LogP) is 3.48. The van der Waals surface area contributed by atoms with Gasteiger partial charge in [-0.05, 0) is 31.3 Å². The molecule has 96 valence electrons. The summed E-state index contributed by atoms with van der Waals surface area (Å²) in [6.45, 7) is 0.936. The van der Waals surface area contributed by atoms with Gasteiger partial charge in [0, 0.05) is 16.6 Å². The number of benzene rings is 1. The average molecular weight is 314 g/mol. The van der Waals surface area contributed by atoms with E-state index in [0.717, 1.165) is 16.6 Å². The molecule has 0 atom stereocenters. The second-order valence-corrected chi connectivity index (χ2v) is 4.73. The molecule has 1 aromatic carbocycles. The lowest BCUT2D eigenvalue weighted by atomic mass is 10.3. The van der Waals surface area contributed by atoms with Gasteiger partial charge in [0.2, 0.25) is 0 Å². The SMILES string of the molecule is CNCc1coc(COc2cc(Br)ccc2F)c1. The van der Waals surface area contributed by atoms with Crippen molar-refractivity contribution in [2.75, 3.05) is 7.05 Å². The maximum absolute atomic E-state index is 13.4. The van der Waals surface area contributed by atoms with E-state index in [2.05, 4.69) is 21.2 Å². The molecule has 0 saturated heterocycles. The molecule has 18 heavy (non-hydrogen) atoms. The Morgan fingerprint density at radius 1 is 1.39 bits per heavy atom. The van der Waals surface area contributed by atoms with E-state index < -0.39 is 0 Å². The molecule has 0 radical (unpaired) electrons. The van der Waals surface area contributed by atoms with Crippen LogP contribution in [0.25, 0.3) is 0 Å². The summed E-state index contributed by atoms with van der Waals surface area (Å²) >= 11 is 3.27. The van der Waals surface area contributed by atoms with Crippen LogP contribution in [0, 0.1) is 5.82 Å². The van der Waals surface area contributed by atoms with Gasteiger partial charge in [0.05, 0.1) is 6.26 Å². The standard InChI is InChI=1S/C13H13BrFNO2/c1-16-6-9-4-11(17-7-9)8-18-13-5-10(14)2-3-12(13)15/h2-5,7,16H,6,8H2,1H3. The summed E-state index contributed by atoms with van der Waals surface area (Å²) in [4.78, 5) is 0. The van der Waals surface area contributed by atoms with Crippen LogP contribution in [-0.2, 0) is 13.2 Å².